The van der Waals surface area contributed by atoms with Crippen LogP contribution in [0.3, 0.4) is 0 Å². The third-order valence-corrected chi connectivity index (χ3v) is 4.01. The molecule has 0 aliphatic carbocycles. The molecule has 2 aromatic carbocycles. The monoisotopic (exact) mass is 339 g/mol. The Kier molecular flexibility index (Phi) is 4.88. The van der Waals surface area contributed by atoms with Crippen molar-refractivity contribution in [1.29, 1.82) is 0 Å². The molecule has 3 aromatic rings. The van der Waals surface area contributed by atoms with E-state index in [9.17, 15) is 4.79 Å². The number of hydrogen-bond acceptors (Lipinski definition) is 4. The number of rotatable bonds is 6. The van der Waals surface area contributed by atoms with Crippen LogP contribution in [0.2, 0.25) is 0 Å². The van der Waals surface area contributed by atoms with E-state index in [1.165, 1.54) is 0 Å². The van der Waals surface area contributed by atoms with Crippen LogP contribution in [-0.4, -0.2) is 36.6 Å². The average molecular weight is 339 g/mol. The molecule has 0 radical (unpaired) electrons. The summed E-state index contributed by atoms with van der Waals surface area (Å²) in [5.74, 6) is 1.89. The number of carbonyl (C=O) groups is 1. The van der Waals surface area contributed by atoms with E-state index in [1.807, 2.05) is 19.1 Å². The number of aryl methyl sites for hydroxylation is 1. The van der Waals surface area contributed by atoms with Crippen LogP contribution in [0.1, 0.15) is 21.7 Å². The zero-order valence-electron chi connectivity index (χ0n) is 14.6. The van der Waals surface area contributed by atoms with Gasteiger partial charge in [0.05, 0.1) is 25.3 Å². The molecule has 1 heterocycles. The summed E-state index contributed by atoms with van der Waals surface area (Å²) in [7, 11) is 3.11. The van der Waals surface area contributed by atoms with Crippen LogP contribution in [0.15, 0.2) is 36.4 Å². The standard InChI is InChI=1S/C19H21N3O3/c1-12-21-15-6-4-13(10-16(15)22-12)8-9-20-19(23)14-5-7-17(24-2)18(11-14)25-3/h4-7,10-11H,8-9H2,1-3H3,(H,20,23)(H,21,22). The van der Waals surface area contributed by atoms with Crippen LogP contribution in [0.4, 0.5) is 0 Å². The fraction of sp³-hybridized carbons (Fsp3) is 0.263. The first-order valence-electron chi connectivity index (χ1n) is 8.06. The fourth-order valence-electron chi connectivity index (χ4n) is 2.74. The molecule has 3 rings (SSSR count). The maximum atomic E-state index is 12.3. The van der Waals surface area contributed by atoms with Crippen LogP contribution in [0.25, 0.3) is 11.0 Å². The highest BCUT2D eigenvalue weighted by Crippen LogP contribution is 2.27. The molecule has 0 unspecified atom stereocenters. The van der Waals surface area contributed by atoms with Crippen LogP contribution in [0.5, 0.6) is 11.5 Å². The Labute approximate surface area is 146 Å². The van der Waals surface area contributed by atoms with Gasteiger partial charge in [0.15, 0.2) is 11.5 Å². The first-order chi connectivity index (χ1) is 12.1. The highest BCUT2D eigenvalue weighted by molar-refractivity contribution is 5.94. The highest BCUT2D eigenvalue weighted by atomic mass is 16.5. The van der Waals surface area contributed by atoms with Crippen molar-refractivity contribution in [2.45, 2.75) is 13.3 Å². The van der Waals surface area contributed by atoms with Gasteiger partial charge in [-0.15, -0.1) is 0 Å². The van der Waals surface area contributed by atoms with Crippen molar-refractivity contribution >= 4 is 16.9 Å². The predicted molar refractivity (Wildman–Crippen MR) is 96.4 cm³/mol. The SMILES string of the molecule is COc1ccc(C(=O)NCCc2ccc3nc(C)[nH]c3c2)cc1OC. The Hall–Kier alpha value is -3.02. The quantitative estimate of drug-likeness (QED) is 0.724. The smallest absolute Gasteiger partial charge is 0.251 e. The van der Waals surface area contributed by atoms with Crippen LogP contribution >= 0.6 is 0 Å². The minimum atomic E-state index is -0.139. The van der Waals surface area contributed by atoms with Crippen LogP contribution in [0, 0.1) is 6.92 Å². The van der Waals surface area contributed by atoms with Gasteiger partial charge in [0, 0.05) is 12.1 Å². The Morgan fingerprint density at radius 1 is 1.12 bits per heavy atom. The lowest BCUT2D eigenvalue weighted by Crippen LogP contribution is -2.25. The van der Waals surface area contributed by atoms with E-state index < -0.39 is 0 Å². The average Bonchev–Trinajstić information content (AvgIpc) is 3.00. The van der Waals surface area contributed by atoms with E-state index in [-0.39, 0.29) is 5.91 Å². The first kappa shape index (κ1) is 16.8. The lowest BCUT2D eigenvalue weighted by Gasteiger charge is -2.10. The fourth-order valence-corrected chi connectivity index (χ4v) is 2.74. The number of methoxy groups -OCH3 is 2. The highest BCUT2D eigenvalue weighted by Gasteiger charge is 2.10. The van der Waals surface area contributed by atoms with E-state index in [4.69, 9.17) is 9.47 Å². The van der Waals surface area contributed by atoms with Gasteiger partial charge < -0.3 is 19.8 Å². The second kappa shape index (κ2) is 7.25. The minimum Gasteiger partial charge on any atom is -0.493 e. The second-order valence-electron chi connectivity index (χ2n) is 5.75. The minimum absolute atomic E-state index is 0.139. The first-order valence-corrected chi connectivity index (χ1v) is 8.06. The van der Waals surface area contributed by atoms with Crippen LogP contribution in [-0.2, 0) is 6.42 Å². The number of hydrogen-bond donors (Lipinski definition) is 2. The molecule has 0 saturated carbocycles. The van der Waals surface area contributed by atoms with Gasteiger partial charge in [0.1, 0.15) is 5.82 Å². The van der Waals surface area contributed by atoms with Crippen molar-refractivity contribution < 1.29 is 14.3 Å². The Morgan fingerprint density at radius 2 is 1.92 bits per heavy atom. The number of ether oxygens (including phenoxy) is 2. The number of imidazole rings is 1. The number of fused-ring (bicyclic) bond motifs is 1. The third kappa shape index (κ3) is 3.74. The summed E-state index contributed by atoms with van der Waals surface area (Å²) >= 11 is 0. The maximum Gasteiger partial charge on any atom is 0.251 e. The summed E-state index contributed by atoms with van der Waals surface area (Å²) in [6.07, 6.45) is 0.743. The second-order valence-corrected chi connectivity index (χ2v) is 5.75. The summed E-state index contributed by atoms with van der Waals surface area (Å²) in [5, 5.41) is 2.93. The Balaban J connectivity index is 1.61. The van der Waals surface area contributed by atoms with Gasteiger partial charge in [0.2, 0.25) is 0 Å². The Morgan fingerprint density at radius 3 is 2.68 bits per heavy atom. The molecule has 6 heteroatoms. The molecular weight excluding hydrogens is 318 g/mol. The zero-order valence-corrected chi connectivity index (χ0v) is 14.6. The number of carbonyl (C=O) groups excluding carboxylic acids is 1. The molecule has 1 aromatic heterocycles. The topological polar surface area (TPSA) is 76.2 Å². The maximum absolute atomic E-state index is 12.3. The number of aromatic amines is 1. The molecule has 0 fully saturated rings. The molecule has 0 saturated heterocycles. The van der Waals surface area contributed by atoms with Gasteiger partial charge in [-0.2, -0.15) is 0 Å². The third-order valence-electron chi connectivity index (χ3n) is 4.01. The lowest BCUT2D eigenvalue weighted by molar-refractivity contribution is 0.0953. The van der Waals surface area contributed by atoms with E-state index in [0.717, 1.165) is 28.8 Å². The lowest BCUT2D eigenvalue weighted by atomic mass is 10.1. The summed E-state index contributed by atoms with van der Waals surface area (Å²) in [6, 6.07) is 11.2. The van der Waals surface area contributed by atoms with Crippen molar-refractivity contribution in [1.82, 2.24) is 15.3 Å². The molecule has 6 nitrogen and oxygen atoms in total. The van der Waals surface area contributed by atoms with E-state index in [1.54, 1.807) is 32.4 Å². The molecule has 130 valence electrons. The molecule has 1 amide bonds. The van der Waals surface area contributed by atoms with Gasteiger partial charge in [-0.3, -0.25) is 4.79 Å². The summed E-state index contributed by atoms with van der Waals surface area (Å²) in [5.41, 5.74) is 3.65. The Bertz CT molecular complexity index is 902. The number of amides is 1. The molecule has 0 atom stereocenters. The number of H-pyrrole nitrogens is 1. The van der Waals surface area contributed by atoms with E-state index >= 15 is 0 Å². The van der Waals surface area contributed by atoms with Gasteiger partial charge in [-0.05, 0) is 49.2 Å². The van der Waals surface area contributed by atoms with Gasteiger partial charge in [-0.25, -0.2) is 4.98 Å². The van der Waals surface area contributed by atoms with Crippen molar-refractivity contribution in [3.63, 3.8) is 0 Å². The number of nitrogens with zero attached hydrogens (tertiary/aromatic N) is 1. The van der Waals surface area contributed by atoms with Gasteiger partial charge >= 0.3 is 0 Å². The molecule has 0 spiro atoms. The van der Waals surface area contributed by atoms with E-state index in [2.05, 4.69) is 21.4 Å². The van der Waals surface area contributed by atoms with Gasteiger partial charge in [0.25, 0.3) is 5.91 Å². The van der Waals surface area contributed by atoms with Crippen molar-refractivity contribution in [3.05, 3.63) is 53.3 Å². The van der Waals surface area contributed by atoms with Gasteiger partial charge in [-0.1, -0.05) is 6.07 Å². The van der Waals surface area contributed by atoms with E-state index in [0.29, 0.717) is 23.6 Å². The molecule has 25 heavy (non-hydrogen) atoms. The van der Waals surface area contributed by atoms with Crippen molar-refractivity contribution in [3.8, 4) is 11.5 Å². The summed E-state index contributed by atoms with van der Waals surface area (Å²) < 4.78 is 10.4. The zero-order chi connectivity index (χ0) is 17.8. The predicted octanol–water partition coefficient (Wildman–Crippen LogP) is 2.86. The number of nitrogens with one attached hydrogen (secondary N) is 2. The normalized spacial score (nSPS) is 10.7. The number of aromatic nitrogens is 2. The van der Waals surface area contributed by atoms with Crippen LogP contribution < -0.4 is 14.8 Å². The largest absolute Gasteiger partial charge is 0.493 e. The summed E-state index contributed by atoms with van der Waals surface area (Å²) in [6.45, 7) is 2.48. The van der Waals surface area contributed by atoms with Crippen molar-refractivity contribution in [2.24, 2.45) is 0 Å². The molecule has 0 bridgehead atoms. The molecule has 0 aliphatic rings. The number of benzene rings is 2. The molecular formula is C19H21N3O3. The molecule has 2 N–H and O–H groups in total. The van der Waals surface area contributed by atoms with Crippen molar-refractivity contribution in [2.75, 3.05) is 20.8 Å². The molecule has 0 aliphatic heterocycles. The summed E-state index contributed by atoms with van der Waals surface area (Å²) in [4.78, 5) is 19.9.